The van der Waals surface area contributed by atoms with Gasteiger partial charge in [-0.2, -0.15) is 0 Å². The molecule has 0 aromatic carbocycles. The average Bonchev–Trinajstić information content (AvgIpc) is 2.96. The number of nitrogens with zero attached hydrogens (tertiary/aromatic N) is 1. The fourth-order valence-corrected chi connectivity index (χ4v) is 5.79. The van der Waals surface area contributed by atoms with E-state index in [9.17, 15) is 0 Å². The lowest BCUT2D eigenvalue weighted by atomic mass is 9.74. The van der Waals surface area contributed by atoms with Crippen LogP contribution in [-0.4, -0.2) is 54.3 Å². The van der Waals surface area contributed by atoms with Crippen LogP contribution in [0.15, 0.2) is 0 Å². The zero-order chi connectivity index (χ0) is 15.3. The first-order valence-electron chi connectivity index (χ1n) is 8.06. The van der Waals surface area contributed by atoms with Gasteiger partial charge in [0.05, 0.1) is 11.5 Å². The zero-order valence-electron chi connectivity index (χ0n) is 13.0. The topological polar surface area (TPSA) is 81.6 Å². The smallest absolute Gasteiger partial charge is 0.201 e. The Balaban J connectivity index is 1.51. The molecule has 124 valence electrons. The zero-order valence-corrected chi connectivity index (χ0v) is 13.9. The van der Waals surface area contributed by atoms with E-state index in [2.05, 4.69) is 16.2 Å². The number of nitrogens with one attached hydrogen (secondary N) is 4. The number of amidine groups is 1. The van der Waals surface area contributed by atoms with E-state index >= 15 is 0 Å². The van der Waals surface area contributed by atoms with Gasteiger partial charge in [-0.1, -0.05) is 0 Å². The maximum absolute atomic E-state index is 8.66. The van der Waals surface area contributed by atoms with Crippen molar-refractivity contribution in [3.8, 4) is 0 Å². The molecule has 0 aromatic heterocycles. The average molecular weight is 327 g/mol. The maximum Gasteiger partial charge on any atom is 0.201 e. The highest BCUT2D eigenvalue weighted by atomic mass is 32.2. The van der Waals surface area contributed by atoms with Gasteiger partial charge in [-0.15, -0.1) is 11.8 Å². The van der Waals surface area contributed by atoms with Gasteiger partial charge in [-0.25, -0.2) is 10.9 Å². The number of hydrazine groups is 1. The summed E-state index contributed by atoms with van der Waals surface area (Å²) in [5.74, 6) is 1.54. The van der Waals surface area contributed by atoms with E-state index in [0.29, 0.717) is 29.3 Å². The van der Waals surface area contributed by atoms with Crippen molar-refractivity contribution in [2.24, 2.45) is 11.8 Å². The van der Waals surface area contributed by atoms with Gasteiger partial charge in [-0.05, 0) is 31.6 Å². The Hall–Kier alpha value is -0.380. The van der Waals surface area contributed by atoms with Gasteiger partial charge in [0.15, 0.2) is 0 Å². The summed E-state index contributed by atoms with van der Waals surface area (Å²) >= 11 is 1.86. The fraction of sp³-hybridized carbons (Fsp3) is 0.929. The number of hydrogen-bond donors (Lipinski definition) is 4. The molecule has 4 fully saturated rings. The van der Waals surface area contributed by atoms with Gasteiger partial charge in [-0.3, -0.25) is 10.3 Å². The highest BCUT2D eigenvalue weighted by Crippen LogP contribution is 2.44. The molecule has 7 atom stereocenters. The minimum Gasteiger partial charge on any atom is -0.381 e. The molecule has 8 heteroatoms. The van der Waals surface area contributed by atoms with Crippen molar-refractivity contribution >= 4 is 17.6 Å². The Morgan fingerprint density at radius 1 is 1.18 bits per heavy atom. The highest BCUT2D eigenvalue weighted by Gasteiger charge is 2.51. The molecule has 7 unspecified atom stereocenters. The van der Waals surface area contributed by atoms with Crippen LogP contribution in [0.1, 0.15) is 25.7 Å². The third-order valence-corrected chi connectivity index (χ3v) is 6.89. The summed E-state index contributed by atoms with van der Waals surface area (Å²) in [7, 11) is 3.49. The molecule has 3 saturated heterocycles. The van der Waals surface area contributed by atoms with Crippen LogP contribution in [0.25, 0.3) is 0 Å². The summed E-state index contributed by atoms with van der Waals surface area (Å²) < 4.78 is 11.0. The highest BCUT2D eigenvalue weighted by molar-refractivity contribution is 8.00. The molecule has 22 heavy (non-hydrogen) atoms. The molecule has 3 aliphatic heterocycles. The number of rotatable bonds is 2. The monoisotopic (exact) mass is 327 g/mol. The molecule has 4 N–H and O–H groups in total. The Morgan fingerprint density at radius 2 is 2.05 bits per heavy atom. The molecule has 0 spiro atoms. The van der Waals surface area contributed by atoms with Crippen molar-refractivity contribution in [3.05, 3.63) is 0 Å². The van der Waals surface area contributed by atoms with Crippen LogP contribution in [0.2, 0.25) is 0 Å². The van der Waals surface area contributed by atoms with Gasteiger partial charge >= 0.3 is 0 Å². The van der Waals surface area contributed by atoms with Crippen LogP contribution in [0, 0.1) is 17.2 Å². The molecular weight excluding hydrogens is 302 g/mol. The summed E-state index contributed by atoms with van der Waals surface area (Å²) in [6.07, 6.45) is 4.66. The number of thioether (sulfide) groups is 1. The second-order valence-corrected chi connectivity index (χ2v) is 7.85. The molecule has 7 nitrogen and oxygen atoms in total. The van der Waals surface area contributed by atoms with Crippen molar-refractivity contribution in [1.29, 1.82) is 5.41 Å². The van der Waals surface area contributed by atoms with Crippen LogP contribution in [-0.2, 0) is 9.47 Å². The van der Waals surface area contributed by atoms with Crippen LogP contribution < -0.4 is 16.2 Å². The Morgan fingerprint density at radius 3 is 2.82 bits per heavy atom. The van der Waals surface area contributed by atoms with Crippen LogP contribution in [0.5, 0.6) is 0 Å². The van der Waals surface area contributed by atoms with Crippen molar-refractivity contribution < 1.29 is 9.47 Å². The molecule has 0 radical (unpaired) electrons. The van der Waals surface area contributed by atoms with E-state index in [4.69, 9.17) is 14.9 Å². The summed E-state index contributed by atoms with van der Waals surface area (Å²) in [5, 5.41) is 12.8. The van der Waals surface area contributed by atoms with Gasteiger partial charge in [0.25, 0.3) is 0 Å². The second-order valence-electron chi connectivity index (χ2n) is 6.62. The molecule has 4 rings (SSSR count). The molecule has 1 aliphatic carbocycles. The van der Waals surface area contributed by atoms with E-state index < -0.39 is 0 Å². The standard InChI is InChI=1S/C14H25N5O2S/c1-20-8-3-4-10-7(5-8)6-9-11(15)19-13(21-2)17-18-14(19)22-12(9)16-10/h7-10,12-18H,3-6H2,1-2H3. The van der Waals surface area contributed by atoms with E-state index in [1.165, 1.54) is 6.42 Å². The van der Waals surface area contributed by atoms with Crippen LogP contribution >= 0.6 is 11.8 Å². The third-order valence-electron chi connectivity index (χ3n) is 5.53. The first-order valence-corrected chi connectivity index (χ1v) is 9.00. The quantitative estimate of drug-likeness (QED) is 0.586. The molecule has 0 amide bonds. The molecular formula is C14H25N5O2S. The number of fused-ring (bicyclic) bond motifs is 3. The molecule has 0 bridgehead atoms. The van der Waals surface area contributed by atoms with E-state index in [0.717, 1.165) is 19.3 Å². The van der Waals surface area contributed by atoms with E-state index in [-0.39, 0.29) is 17.8 Å². The van der Waals surface area contributed by atoms with Gasteiger partial charge in [0.1, 0.15) is 11.3 Å². The Bertz CT molecular complexity index is 453. The predicted molar refractivity (Wildman–Crippen MR) is 85.0 cm³/mol. The lowest BCUT2D eigenvalue weighted by Gasteiger charge is -2.51. The van der Waals surface area contributed by atoms with E-state index in [1.807, 2.05) is 23.8 Å². The summed E-state index contributed by atoms with van der Waals surface area (Å²) in [5.41, 5.74) is 6.40. The van der Waals surface area contributed by atoms with Crippen molar-refractivity contribution in [1.82, 2.24) is 21.1 Å². The number of methoxy groups -OCH3 is 2. The largest absolute Gasteiger partial charge is 0.381 e. The van der Waals surface area contributed by atoms with Gasteiger partial charge in [0.2, 0.25) is 6.35 Å². The van der Waals surface area contributed by atoms with Crippen molar-refractivity contribution in [2.45, 2.75) is 55.1 Å². The predicted octanol–water partition coefficient (Wildman–Crippen LogP) is 0.453. The first kappa shape index (κ1) is 15.2. The minimum absolute atomic E-state index is 0.0677. The number of ether oxygens (including phenoxy) is 2. The Kier molecular flexibility index (Phi) is 4.08. The van der Waals surface area contributed by atoms with Crippen LogP contribution in [0.4, 0.5) is 0 Å². The lowest BCUT2D eigenvalue weighted by Crippen LogP contribution is -2.62. The Labute approximate surface area is 135 Å². The fourth-order valence-electron chi connectivity index (χ4n) is 4.34. The molecule has 1 saturated carbocycles. The molecule has 0 aromatic rings. The van der Waals surface area contributed by atoms with Crippen molar-refractivity contribution in [3.63, 3.8) is 0 Å². The number of hydrogen-bond acceptors (Lipinski definition) is 7. The maximum atomic E-state index is 8.66. The lowest BCUT2D eigenvalue weighted by molar-refractivity contribution is 0.00172. The summed E-state index contributed by atoms with van der Waals surface area (Å²) in [6, 6.07) is 0.576. The normalized spacial score (nSPS) is 47.8. The van der Waals surface area contributed by atoms with Crippen molar-refractivity contribution in [2.75, 3.05) is 14.2 Å². The van der Waals surface area contributed by atoms with E-state index in [1.54, 1.807) is 7.11 Å². The SMILES string of the molecule is COC1CCC2NC3SC4NNC(OC)N4C(=N)C3CC2C1. The summed E-state index contributed by atoms with van der Waals surface area (Å²) in [4.78, 5) is 2.02. The van der Waals surface area contributed by atoms with Gasteiger partial charge in [0, 0.05) is 26.2 Å². The van der Waals surface area contributed by atoms with Crippen LogP contribution in [0.3, 0.4) is 0 Å². The van der Waals surface area contributed by atoms with Gasteiger partial charge < -0.3 is 14.8 Å². The molecule has 3 heterocycles. The first-order chi connectivity index (χ1) is 10.7. The minimum atomic E-state index is -0.248. The summed E-state index contributed by atoms with van der Waals surface area (Å²) in [6.45, 7) is 0. The number of piperidine rings is 1. The third kappa shape index (κ3) is 2.37. The molecule has 4 aliphatic rings. The second kappa shape index (κ2) is 5.92.